The van der Waals surface area contributed by atoms with Crippen LogP contribution in [0.25, 0.3) is 0 Å². The van der Waals surface area contributed by atoms with Gasteiger partial charge < -0.3 is 10.1 Å². The average Bonchev–Trinajstić information content (AvgIpc) is 2.42. The first kappa shape index (κ1) is 14.9. The van der Waals surface area contributed by atoms with Crippen LogP contribution in [0.3, 0.4) is 0 Å². The fraction of sp³-hybridized carbons (Fsp3) is 0.294. The van der Waals surface area contributed by atoms with Crippen molar-refractivity contribution in [3.8, 4) is 11.5 Å². The van der Waals surface area contributed by atoms with E-state index in [1.807, 2.05) is 51.2 Å². The van der Waals surface area contributed by atoms with Crippen LogP contribution in [-0.4, -0.2) is 7.05 Å². The quantitative estimate of drug-likeness (QED) is 0.852. The zero-order chi connectivity index (χ0) is 14.7. The molecule has 2 nitrogen and oxygen atoms in total. The average molecular weight is 290 g/mol. The molecule has 3 heteroatoms. The molecule has 0 fully saturated rings. The second-order valence-electron chi connectivity index (χ2n) is 5.02. The van der Waals surface area contributed by atoms with Gasteiger partial charge in [-0.2, -0.15) is 0 Å². The van der Waals surface area contributed by atoms with Gasteiger partial charge >= 0.3 is 0 Å². The molecule has 0 aliphatic carbocycles. The molecule has 20 heavy (non-hydrogen) atoms. The third kappa shape index (κ3) is 3.14. The van der Waals surface area contributed by atoms with Crippen molar-refractivity contribution in [1.29, 1.82) is 0 Å². The van der Waals surface area contributed by atoms with E-state index in [-0.39, 0.29) is 6.04 Å². The molecule has 0 heterocycles. The lowest BCUT2D eigenvalue weighted by Gasteiger charge is -2.18. The van der Waals surface area contributed by atoms with Gasteiger partial charge in [0.15, 0.2) is 0 Å². The van der Waals surface area contributed by atoms with Gasteiger partial charge in [-0.05, 0) is 57.1 Å². The van der Waals surface area contributed by atoms with E-state index in [1.54, 1.807) is 0 Å². The predicted molar refractivity (Wildman–Crippen MR) is 84.9 cm³/mol. The van der Waals surface area contributed by atoms with Gasteiger partial charge in [0.05, 0.1) is 0 Å². The summed E-state index contributed by atoms with van der Waals surface area (Å²) in [5.41, 5.74) is 3.23. The molecule has 0 radical (unpaired) electrons. The minimum Gasteiger partial charge on any atom is -0.456 e. The number of para-hydroxylation sites is 1. The molecule has 2 aromatic rings. The maximum Gasteiger partial charge on any atom is 0.133 e. The third-order valence-electron chi connectivity index (χ3n) is 3.46. The van der Waals surface area contributed by atoms with Crippen LogP contribution in [0, 0.1) is 13.8 Å². The standard InChI is InChI=1S/C17H20ClNO/c1-11-9-14(18)10-12(2)17(11)20-16-8-6-5-7-15(16)13(3)19-4/h5-10,13,19H,1-4H3. The van der Waals surface area contributed by atoms with E-state index in [2.05, 4.69) is 18.3 Å². The van der Waals surface area contributed by atoms with Crippen LogP contribution in [0.5, 0.6) is 11.5 Å². The molecule has 106 valence electrons. The maximum atomic E-state index is 6.15. The Morgan fingerprint density at radius 2 is 1.70 bits per heavy atom. The van der Waals surface area contributed by atoms with Crippen molar-refractivity contribution in [1.82, 2.24) is 5.32 Å². The van der Waals surface area contributed by atoms with Gasteiger partial charge in [0.25, 0.3) is 0 Å². The van der Waals surface area contributed by atoms with E-state index < -0.39 is 0 Å². The highest BCUT2D eigenvalue weighted by Gasteiger charge is 2.13. The zero-order valence-electron chi connectivity index (χ0n) is 12.3. The van der Waals surface area contributed by atoms with Crippen molar-refractivity contribution in [2.75, 3.05) is 7.05 Å². The lowest BCUT2D eigenvalue weighted by Crippen LogP contribution is -2.13. The number of aryl methyl sites for hydroxylation is 2. The van der Waals surface area contributed by atoms with E-state index in [9.17, 15) is 0 Å². The largest absolute Gasteiger partial charge is 0.456 e. The summed E-state index contributed by atoms with van der Waals surface area (Å²) >= 11 is 6.06. The van der Waals surface area contributed by atoms with Crippen LogP contribution in [0.15, 0.2) is 36.4 Å². The molecule has 1 atom stereocenters. The monoisotopic (exact) mass is 289 g/mol. The summed E-state index contributed by atoms with van der Waals surface area (Å²) in [6.07, 6.45) is 0. The number of nitrogens with one attached hydrogen (secondary N) is 1. The molecule has 0 aromatic heterocycles. The summed E-state index contributed by atoms with van der Waals surface area (Å²) in [7, 11) is 1.94. The topological polar surface area (TPSA) is 21.3 Å². The molecular weight excluding hydrogens is 270 g/mol. The highest BCUT2D eigenvalue weighted by atomic mass is 35.5. The molecule has 0 aliphatic rings. The number of hydrogen-bond donors (Lipinski definition) is 1. The smallest absolute Gasteiger partial charge is 0.133 e. The highest BCUT2D eigenvalue weighted by Crippen LogP contribution is 2.34. The van der Waals surface area contributed by atoms with Crippen LogP contribution >= 0.6 is 11.6 Å². The lowest BCUT2D eigenvalue weighted by atomic mass is 10.1. The Morgan fingerprint density at radius 1 is 1.10 bits per heavy atom. The molecule has 0 spiro atoms. The van der Waals surface area contributed by atoms with Crippen molar-refractivity contribution in [3.63, 3.8) is 0 Å². The summed E-state index contributed by atoms with van der Waals surface area (Å²) in [5.74, 6) is 1.76. The molecule has 0 aliphatic heterocycles. The van der Waals surface area contributed by atoms with E-state index in [0.29, 0.717) is 0 Å². The summed E-state index contributed by atoms with van der Waals surface area (Å²) in [6.45, 7) is 6.14. The molecule has 2 rings (SSSR count). The Hall–Kier alpha value is -1.51. The van der Waals surface area contributed by atoms with E-state index in [0.717, 1.165) is 33.2 Å². The summed E-state index contributed by atoms with van der Waals surface area (Å²) in [6, 6.07) is 12.2. The van der Waals surface area contributed by atoms with Crippen LogP contribution in [0.2, 0.25) is 5.02 Å². The first-order valence-electron chi connectivity index (χ1n) is 6.73. The van der Waals surface area contributed by atoms with Crippen LogP contribution in [-0.2, 0) is 0 Å². The Balaban J connectivity index is 2.41. The van der Waals surface area contributed by atoms with Crippen molar-refractivity contribution in [2.45, 2.75) is 26.8 Å². The summed E-state index contributed by atoms with van der Waals surface area (Å²) in [4.78, 5) is 0. The Morgan fingerprint density at radius 3 is 2.30 bits per heavy atom. The normalized spacial score (nSPS) is 12.2. The van der Waals surface area contributed by atoms with Gasteiger partial charge in [-0.1, -0.05) is 29.8 Å². The SMILES string of the molecule is CNC(C)c1ccccc1Oc1c(C)cc(Cl)cc1C. The Labute approximate surface area is 125 Å². The second kappa shape index (κ2) is 6.29. The fourth-order valence-corrected chi connectivity index (χ4v) is 2.58. The number of ether oxygens (including phenoxy) is 1. The molecular formula is C17H20ClNO. The Kier molecular flexibility index (Phi) is 4.69. The number of hydrogen-bond acceptors (Lipinski definition) is 2. The summed E-state index contributed by atoms with van der Waals surface area (Å²) < 4.78 is 6.15. The summed E-state index contributed by atoms with van der Waals surface area (Å²) in [5, 5.41) is 3.98. The van der Waals surface area contributed by atoms with E-state index in [1.165, 1.54) is 0 Å². The molecule has 0 saturated carbocycles. The number of halogens is 1. The molecule has 0 bridgehead atoms. The molecule has 1 N–H and O–H groups in total. The van der Waals surface area contributed by atoms with Crippen LogP contribution in [0.1, 0.15) is 29.7 Å². The number of benzene rings is 2. The van der Waals surface area contributed by atoms with Crippen LogP contribution in [0.4, 0.5) is 0 Å². The van der Waals surface area contributed by atoms with Gasteiger partial charge in [-0.3, -0.25) is 0 Å². The van der Waals surface area contributed by atoms with Crippen molar-refractivity contribution in [3.05, 3.63) is 58.1 Å². The van der Waals surface area contributed by atoms with Crippen LogP contribution < -0.4 is 10.1 Å². The van der Waals surface area contributed by atoms with Gasteiger partial charge in [0, 0.05) is 16.6 Å². The highest BCUT2D eigenvalue weighted by molar-refractivity contribution is 6.30. The maximum absolute atomic E-state index is 6.15. The minimum atomic E-state index is 0.235. The molecule has 1 unspecified atom stereocenters. The van der Waals surface area contributed by atoms with Crippen molar-refractivity contribution < 1.29 is 4.74 Å². The van der Waals surface area contributed by atoms with Gasteiger partial charge in [-0.25, -0.2) is 0 Å². The first-order valence-corrected chi connectivity index (χ1v) is 7.11. The van der Waals surface area contributed by atoms with Gasteiger partial charge in [-0.15, -0.1) is 0 Å². The second-order valence-corrected chi connectivity index (χ2v) is 5.46. The number of rotatable bonds is 4. The third-order valence-corrected chi connectivity index (χ3v) is 3.67. The van der Waals surface area contributed by atoms with Gasteiger partial charge in [0.2, 0.25) is 0 Å². The molecule has 2 aromatic carbocycles. The van der Waals surface area contributed by atoms with Gasteiger partial charge in [0.1, 0.15) is 11.5 Å². The molecule has 0 saturated heterocycles. The van der Waals surface area contributed by atoms with Crippen molar-refractivity contribution in [2.24, 2.45) is 0 Å². The fourth-order valence-electron chi connectivity index (χ4n) is 2.26. The lowest BCUT2D eigenvalue weighted by molar-refractivity contribution is 0.460. The van der Waals surface area contributed by atoms with E-state index in [4.69, 9.17) is 16.3 Å². The molecule has 0 amide bonds. The van der Waals surface area contributed by atoms with Crippen molar-refractivity contribution >= 4 is 11.6 Å². The zero-order valence-corrected chi connectivity index (χ0v) is 13.1. The first-order chi connectivity index (χ1) is 9.52. The Bertz CT molecular complexity index is 587. The van der Waals surface area contributed by atoms with E-state index >= 15 is 0 Å². The minimum absolute atomic E-state index is 0.235. The predicted octanol–water partition coefficient (Wildman–Crippen LogP) is 5.03.